The highest BCUT2D eigenvalue weighted by molar-refractivity contribution is 8.13. The number of halogens is 2. The Balaban J connectivity index is 3.07. The van der Waals surface area contributed by atoms with Crippen LogP contribution in [0.5, 0.6) is 0 Å². The molecular formula is C11H13Cl2NO5S2. The zero-order valence-corrected chi connectivity index (χ0v) is 14.4. The molecule has 0 radical (unpaired) electrons. The predicted octanol–water partition coefficient (Wildman–Crippen LogP) is 1.38. The fourth-order valence-electron chi connectivity index (χ4n) is 1.43. The molecule has 0 saturated carbocycles. The minimum Gasteiger partial charge on any atom is -0.341 e. The van der Waals surface area contributed by atoms with Gasteiger partial charge in [0.25, 0.3) is 15.0 Å². The van der Waals surface area contributed by atoms with E-state index >= 15 is 0 Å². The molecule has 0 aliphatic heterocycles. The molecule has 0 spiro atoms. The first kappa shape index (κ1) is 18.2. The lowest BCUT2D eigenvalue weighted by molar-refractivity contribution is 0.0803. The first-order chi connectivity index (χ1) is 9.42. The molecule has 1 rings (SSSR count). The molecule has 1 amide bonds. The maximum absolute atomic E-state index is 12.2. The van der Waals surface area contributed by atoms with E-state index in [2.05, 4.69) is 0 Å². The summed E-state index contributed by atoms with van der Waals surface area (Å²) in [5.41, 5.74) is -0.0607. The molecule has 0 saturated heterocycles. The quantitative estimate of drug-likeness (QED) is 0.727. The van der Waals surface area contributed by atoms with Crippen LogP contribution in [0.25, 0.3) is 0 Å². The predicted molar refractivity (Wildman–Crippen MR) is 81.2 cm³/mol. The minimum atomic E-state index is -3.99. The van der Waals surface area contributed by atoms with Crippen molar-refractivity contribution in [2.24, 2.45) is 0 Å². The Kier molecular flexibility index (Phi) is 5.65. The van der Waals surface area contributed by atoms with Gasteiger partial charge in [0.1, 0.15) is 9.84 Å². The van der Waals surface area contributed by atoms with E-state index in [1.807, 2.05) is 0 Å². The first-order valence-electron chi connectivity index (χ1n) is 5.59. The minimum absolute atomic E-state index is 0.0359. The second-order valence-corrected chi connectivity index (χ2v) is 9.67. The van der Waals surface area contributed by atoms with Crippen LogP contribution in [0.1, 0.15) is 10.4 Å². The topological polar surface area (TPSA) is 88.6 Å². The van der Waals surface area contributed by atoms with Crippen molar-refractivity contribution >= 4 is 47.1 Å². The summed E-state index contributed by atoms with van der Waals surface area (Å²) in [5, 5.41) is 0.0512. The normalized spacial score (nSPS) is 12.2. The average molecular weight is 374 g/mol. The maximum atomic E-state index is 12.2. The maximum Gasteiger partial charge on any atom is 0.261 e. The molecule has 0 atom stereocenters. The molecule has 1 aromatic carbocycles. The Bertz CT molecular complexity index is 759. The Morgan fingerprint density at radius 3 is 2.29 bits per heavy atom. The molecule has 6 nitrogen and oxygen atoms in total. The van der Waals surface area contributed by atoms with Crippen molar-refractivity contribution in [2.45, 2.75) is 4.90 Å². The molecule has 0 aliphatic rings. The molecular weight excluding hydrogens is 361 g/mol. The van der Waals surface area contributed by atoms with Gasteiger partial charge in [0, 0.05) is 30.5 Å². The number of carbonyl (C=O) groups is 1. The Morgan fingerprint density at radius 1 is 1.24 bits per heavy atom. The second-order valence-electron chi connectivity index (χ2n) is 4.44. The van der Waals surface area contributed by atoms with Gasteiger partial charge in [-0.05, 0) is 18.2 Å². The second kappa shape index (κ2) is 6.51. The molecule has 1 aromatic rings. The standard InChI is InChI=1S/C11H13Cl2NO5S2/c1-14(5-6-20(2,16)17)11(15)9-7-8(21(13,18)19)3-4-10(9)12/h3-4,7H,5-6H2,1-2H3. The van der Waals surface area contributed by atoms with Gasteiger partial charge in [-0.1, -0.05) is 11.6 Å². The summed E-state index contributed by atoms with van der Waals surface area (Å²) >= 11 is 5.87. The number of sulfone groups is 1. The molecule has 0 bridgehead atoms. The summed E-state index contributed by atoms with van der Waals surface area (Å²) in [5.74, 6) is -0.800. The van der Waals surface area contributed by atoms with Crippen molar-refractivity contribution in [3.63, 3.8) is 0 Å². The highest BCUT2D eigenvalue weighted by atomic mass is 35.7. The average Bonchev–Trinajstić information content (AvgIpc) is 2.33. The SMILES string of the molecule is CN(CCS(C)(=O)=O)C(=O)c1cc(S(=O)(=O)Cl)ccc1Cl. The summed E-state index contributed by atoms with van der Waals surface area (Å²) in [7, 11) is -0.603. The van der Waals surface area contributed by atoms with Gasteiger partial charge in [0.05, 0.1) is 21.2 Å². The lowest BCUT2D eigenvalue weighted by Gasteiger charge is -2.17. The van der Waals surface area contributed by atoms with Crippen LogP contribution in [-0.2, 0) is 18.9 Å². The summed E-state index contributed by atoms with van der Waals surface area (Å²) in [4.78, 5) is 13.1. The van der Waals surface area contributed by atoms with E-state index in [0.29, 0.717) is 0 Å². The van der Waals surface area contributed by atoms with Crippen LogP contribution in [0.15, 0.2) is 23.1 Å². The molecule has 0 unspecified atom stereocenters. The van der Waals surface area contributed by atoms with Crippen molar-refractivity contribution in [1.29, 1.82) is 0 Å². The van der Waals surface area contributed by atoms with Gasteiger partial charge < -0.3 is 4.90 Å². The smallest absolute Gasteiger partial charge is 0.261 e. The molecule has 21 heavy (non-hydrogen) atoms. The Hall–Kier alpha value is -0.830. The van der Waals surface area contributed by atoms with Crippen LogP contribution < -0.4 is 0 Å². The molecule has 0 heterocycles. The highest BCUT2D eigenvalue weighted by Gasteiger charge is 2.20. The van der Waals surface area contributed by atoms with Gasteiger partial charge >= 0.3 is 0 Å². The van der Waals surface area contributed by atoms with Crippen LogP contribution >= 0.6 is 22.3 Å². The zero-order valence-electron chi connectivity index (χ0n) is 11.2. The molecule has 0 fully saturated rings. The van der Waals surface area contributed by atoms with Crippen LogP contribution in [0.3, 0.4) is 0 Å². The molecule has 0 aromatic heterocycles. The number of hydrogen-bond donors (Lipinski definition) is 0. The third-order valence-corrected chi connectivity index (χ3v) is 5.20. The number of carbonyl (C=O) groups excluding carboxylic acids is 1. The number of amides is 1. The van der Waals surface area contributed by atoms with E-state index in [1.54, 1.807) is 0 Å². The number of benzene rings is 1. The number of rotatable bonds is 5. The van der Waals surface area contributed by atoms with E-state index in [1.165, 1.54) is 19.2 Å². The highest BCUT2D eigenvalue weighted by Crippen LogP contribution is 2.23. The van der Waals surface area contributed by atoms with Crippen LogP contribution in [0.2, 0.25) is 5.02 Å². The van der Waals surface area contributed by atoms with Gasteiger partial charge in [-0.15, -0.1) is 0 Å². The summed E-state index contributed by atoms with van der Waals surface area (Å²) < 4.78 is 44.7. The van der Waals surface area contributed by atoms with E-state index in [4.69, 9.17) is 22.3 Å². The van der Waals surface area contributed by atoms with Crippen LogP contribution in [0.4, 0.5) is 0 Å². The van der Waals surface area contributed by atoms with E-state index in [0.717, 1.165) is 17.2 Å². The van der Waals surface area contributed by atoms with E-state index < -0.39 is 24.8 Å². The first-order valence-corrected chi connectivity index (χ1v) is 10.3. The van der Waals surface area contributed by atoms with Gasteiger partial charge in [0.15, 0.2) is 0 Å². The molecule has 10 heteroatoms. The van der Waals surface area contributed by atoms with Gasteiger partial charge in [-0.2, -0.15) is 0 Å². The fraction of sp³-hybridized carbons (Fsp3) is 0.364. The van der Waals surface area contributed by atoms with Gasteiger partial charge in [-0.25, -0.2) is 16.8 Å². The number of hydrogen-bond acceptors (Lipinski definition) is 5. The van der Waals surface area contributed by atoms with Crippen LogP contribution in [-0.4, -0.2) is 53.2 Å². The third kappa shape index (κ3) is 5.46. The van der Waals surface area contributed by atoms with Crippen molar-refractivity contribution in [1.82, 2.24) is 4.90 Å². The largest absolute Gasteiger partial charge is 0.341 e. The Labute approximate surface area is 133 Å². The Morgan fingerprint density at radius 2 is 1.81 bits per heavy atom. The van der Waals surface area contributed by atoms with Crippen molar-refractivity contribution in [3.8, 4) is 0 Å². The van der Waals surface area contributed by atoms with Crippen molar-refractivity contribution in [2.75, 3.05) is 25.6 Å². The summed E-state index contributed by atoms with van der Waals surface area (Å²) in [6.07, 6.45) is 1.05. The van der Waals surface area contributed by atoms with E-state index in [9.17, 15) is 21.6 Å². The molecule has 118 valence electrons. The van der Waals surface area contributed by atoms with E-state index in [-0.39, 0.29) is 27.8 Å². The molecule has 0 aliphatic carbocycles. The fourth-order valence-corrected chi connectivity index (χ4v) is 3.01. The van der Waals surface area contributed by atoms with Gasteiger partial charge in [0.2, 0.25) is 0 Å². The van der Waals surface area contributed by atoms with Gasteiger partial charge in [-0.3, -0.25) is 4.79 Å². The zero-order chi connectivity index (χ0) is 16.4. The third-order valence-electron chi connectivity index (χ3n) is 2.59. The summed E-state index contributed by atoms with van der Waals surface area (Å²) in [6.45, 7) is -0.0359. The lowest BCUT2D eigenvalue weighted by atomic mass is 10.2. The molecule has 0 N–H and O–H groups in total. The van der Waals surface area contributed by atoms with Crippen LogP contribution in [0, 0.1) is 0 Å². The number of nitrogens with zero attached hydrogens (tertiary/aromatic N) is 1. The van der Waals surface area contributed by atoms with Crippen molar-refractivity contribution in [3.05, 3.63) is 28.8 Å². The van der Waals surface area contributed by atoms with Crippen molar-refractivity contribution < 1.29 is 21.6 Å². The lowest BCUT2D eigenvalue weighted by Crippen LogP contribution is -2.31. The summed E-state index contributed by atoms with van der Waals surface area (Å²) in [6, 6.07) is 3.48. The monoisotopic (exact) mass is 373 g/mol.